The van der Waals surface area contributed by atoms with Crippen LogP contribution in [0.2, 0.25) is 0 Å². The average molecular weight is 301 g/mol. The van der Waals surface area contributed by atoms with E-state index in [1.807, 2.05) is 24.3 Å². The Labute approximate surface area is 127 Å². The molecule has 0 radical (unpaired) electrons. The maximum Gasteiger partial charge on any atom is 0.224 e. The smallest absolute Gasteiger partial charge is 0.224 e. The number of halogens is 1. The van der Waals surface area contributed by atoms with E-state index in [2.05, 4.69) is 19.2 Å². The lowest BCUT2D eigenvalue weighted by molar-refractivity contribution is -0.121. The fourth-order valence-corrected chi connectivity index (χ4v) is 2.03. The lowest BCUT2D eigenvalue weighted by Gasteiger charge is -2.18. The third kappa shape index (κ3) is 6.78. The normalized spacial score (nSPS) is 11.7. The van der Waals surface area contributed by atoms with Gasteiger partial charge in [-0.2, -0.15) is 0 Å². The Morgan fingerprint density at radius 1 is 1.40 bits per heavy atom. The summed E-state index contributed by atoms with van der Waals surface area (Å²) in [5, 5.41) is 2.98. The Morgan fingerprint density at radius 2 is 2.10 bits per heavy atom. The van der Waals surface area contributed by atoms with Crippen molar-refractivity contribution in [3.05, 3.63) is 29.8 Å². The molecule has 0 heterocycles. The van der Waals surface area contributed by atoms with Crippen molar-refractivity contribution in [1.29, 1.82) is 0 Å². The van der Waals surface area contributed by atoms with Crippen molar-refractivity contribution in [3.63, 3.8) is 0 Å². The molecule has 0 aliphatic rings. The lowest BCUT2D eigenvalue weighted by atomic mass is 10.0. The molecule has 1 rings (SSSR count). The highest BCUT2D eigenvalue weighted by Gasteiger charge is 2.12. The first kappa shape index (κ1) is 18.7. The molecule has 0 saturated carbocycles. The zero-order chi connectivity index (χ0) is 14.3. The van der Waals surface area contributed by atoms with E-state index in [1.165, 1.54) is 0 Å². The van der Waals surface area contributed by atoms with Crippen LogP contribution in [0.15, 0.2) is 24.3 Å². The fraction of sp³-hybridized carbons (Fsp3) is 0.533. The van der Waals surface area contributed by atoms with Crippen LogP contribution < -0.4 is 15.8 Å². The topological polar surface area (TPSA) is 64.3 Å². The highest BCUT2D eigenvalue weighted by Crippen LogP contribution is 2.13. The van der Waals surface area contributed by atoms with E-state index < -0.39 is 0 Å². The number of amides is 1. The fourth-order valence-electron chi connectivity index (χ4n) is 2.03. The van der Waals surface area contributed by atoms with Crippen LogP contribution in [0.1, 0.15) is 25.8 Å². The summed E-state index contributed by atoms with van der Waals surface area (Å²) >= 11 is 0. The van der Waals surface area contributed by atoms with Crippen LogP contribution in [0.3, 0.4) is 0 Å². The summed E-state index contributed by atoms with van der Waals surface area (Å²) in [5.41, 5.74) is 6.62. The molecule has 1 atom stereocenters. The van der Waals surface area contributed by atoms with Crippen LogP contribution in [-0.2, 0) is 11.2 Å². The number of ether oxygens (including phenoxy) is 1. The van der Waals surface area contributed by atoms with Crippen molar-refractivity contribution in [2.24, 2.45) is 11.7 Å². The van der Waals surface area contributed by atoms with Gasteiger partial charge in [-0.25, -0.2) is 0 Å². The first-order valence-corrected chi connectivity index (χ1v) is 6.67. The molecule has 0 aliphatic carbocycles. The summed E-state index contributed by atoms with van der Waals surface area (Å²) in [6.45, 7) is 4.72. The van der Waals surface area contributed by atoms with Gasteiger partial charge in [0.05, 0.1) is 13.5 Å². The number of carbonyl (C=O) groups is 1. The van der Waals surface area contributed by atoms with E-state index >= 15 is 0 Å². The predicted molar refractivity (Wildman–Crippen MR) is 84.4 cm³/mol. The number of benzene rings is 1. The summed E-state index contributed by atoms with van der Waals surface area (Å²) in [7, 11) is 1.62. The van der Waals surface area contributed by atoms with Crippen molar-refractivity contribution in [2.75, 3.05) is 13.7 Å². The lowest BCUT2D eigenvalue weighted by Crippen LogP contribution is -2.41. The summed E-state index contributed by atoms with van der Waals surface area (Å²) in [5.74, 6) is 1.29. The average Bonchev–Trinajstić information content (AvgIpc) is 2.37. The number of hydrogen-bond acceptors (Lipinski definition) is 3. The Kier molecular flexibility index (Phi) is 9.01. The molecule has 1 aromatic carbocycles. The molecule has 20 heavy (non-hydrogen) atoms. The number of hydrogen-bond donors (Lipinski definition) is 2. The van der Waals surface area contributed by atoms with Crippen molar-refractivity contribution in [1.82, 2.24) is 5.32 Å². The van der Waals surface area contributed by atoms with E-state index in [-0.39, 0.29) is 24.4 Å². The number of nitrogens with two attached hydrogens (primary N) is 1. The van der Waals surface area contributed by atoms with Crippen LogP contribution in [0.25, 0.3) is 0 Å². The monoisotopic (exact) mass is 300 g/mol. The zero-order valence-corrected chi connectivity index (χ0v) is 13.2. The van der Waals surface area contributed by atoms with Gasteiger partial charge in [0.1, 0.15) is 5.75 Å². The van der Waals surface area contributed by atoms with E-state index in [9.17, 15) is 4.79 Å². The van der Waals surface area contributed by atoms with Gasteiger partial charge in [-0.15, -0.1) is 12.4 Å². The molecule has 0 fully saturated rings. The van der Waals surface area contributed by atoms with E-state index in [0.717, 1.165) is 17.7 Å². The summed E-state index contributed by atoms with van der Waals surface area (Å²) < 4.78 is 5.14. The molecule has 0 bridgehead atoms. The third-order valence-corrected chi connectivity index (χ3v) is 2.90. The van der Waals surface area contributed by atoms with E-state index in [4.69, 9.17) is 10.5 Å². The van der Waals surface area contributed by atoms with Crippen LogP contribution >= 0.6 is 12.4 Å². The van der Waals surface area contributed by atoms with Gasteiger partial charge in [0.2, 0.25) is 5.91 Å². The second-order valence-electron chi connectivity index (χ2n) is 5.16. The van der Waals surface area contributed by atoms with Crippen molar-refractivity contribution >= 4 is 18.3 Å². The Bertz CT molecular complexity index is 411. The molecule has 5 heteroatoms. The number of methoxy groups -OCH3 is 1. The zero-order valence-electron chi connectivity index (χ0n) is 12.4. The molecular formula is C15H25ClN2O2. The molecule has 1 unspecified atom stereocenters. The Balaban J connectivity index is 0.00000361. The van der Waals surface area contributed by atoms with Crippen molar-refractivity contribution in [3.8, 4) is 5.75 Å². The van der Waals surface area contributed by atoms with Gasteiger partial charge in [0.15, 0.2) is 0 Å². The summed E-state index contributed by atoms with van der Waals surface area (Å²) in [6.07, 6.45) is 1.26. The highest BCUT2D eigenvalue weighted by molar-refractivity contribution is 5.85. The molecule has 3 N–H and O–H groups in total. The molecule has 114 valence electrons. The molecule has 0 aromatic heterocycles. The van der Waals surface area contributed by atoms with Gasteiger partial charge in [-0.3, -0.25) is 4.79 Å². The predicted octanol–water partition coefficient (Wildman–Crippen LogP) is 2.15. The number of carbonyl (C=O) groups excluding carboxylic acids is 1. The first-order chi connectivity index (χ1) is 9.05. The Morgan fingerprint density at radius 3 is 2.65 bits per heavy atom. The van der Waals surface area contributed by atoms with Gasteiger partial charge >= 0.3 is 0 Å². The maximum atomic E-state index is 12.0. The maximum absolute atomic E-state index is 12.0. The molecular weight excluding hydrogens is 276 g/mol. The number of rotatable bonds is 7. The second-order valence-corrected chi connectivity index (χ2v) is 5.16. The molecule has 4 nitrogen and oxygen atoms in total. The van der Waals surface area contributed by atoms with Gasteiger partial charge in [-0.1, -0.05) is 26.0 Å². The Hall–Kier alpha value is -1.26. The van der Waals surface area contributed by atoms with Crippen LogP contribution in [0.5, 0.6) is 5.75 Å². The van der Waals surface area contributed by atoms with Crippen LogP contribution in [-0.4, -0.2) is 25.6 Å². The van der Waals surface area contributed by atoms with E-state index in [1.54, 1.807) is 7.11 Å². The number of nitrogens with one attached hydrogen (secondary N) is 1. The molecule has 1 amide bonds. The SMILES string of the molecule is COc1cccc(CC(=O)NC(CN)CC(C)C)c1.Cl. The minimum absolute atomic E-state index is 0. The largest absolute Gasteiger partial charge is 0.497 e. The summed E-state index contributed by atoms with van der Waals surface area (Å²) in [6, 6.07) is 7.60. The molecule has 0 aliphatic heterocycles. The van der Waals surface area contributed by atoms with Gasteiger partial charge in [0, 0.05) is 12.6 Å². The molecule has 0 spiro atoms. The van der Waals surface area contributed by atoms with Crippen LogP contribution in [0, 0.1) is 5.92 Å². The first-order valence-electron chi connectivity index (χ1n) is 6.67. The quantitative estimate of drug-likeness (QED) is 0.811. The standard InChI is InChI=1S/C15H24N2O2.ClH/c1-11(2)7-13(10-16)17-15(18)9-12-5-4-6-14(8-12)19-3;/h4-6,8,11,13H,7,9-10,16H2,1-3H3,(H,17,18);1H. The van der Waals surface area contributed by atoms with Gasteiger partial charge < -0.3 is 15.8 Å². The minimum atomic E-state index is 0. The van der Waals surface area contributed by atoms with Crippen LogP contribution in [0.4, 0.5) is 0 Å². The highest BCUT2D eigenvalue weighted by atomic mass is 35.5. The van der Waals surface area contributed by atoms with Gasteiger partial charge in [-0.05, 0) is 30.0 Å². The van der Waals surface area contributed by atoms with Crippen molar-refractivity contribution < 1.29 is 9.53 Å². The molecule has 1 aromatic rings. The van der Waals surface area contributed by atoms with Gasteiger partial charge in [0.25, 0.3) is 0 Å². The minimum Gasteiger partial charge on any atom is -0.497 e. The summed E-state index contributed by atoms with van der Waals surface area (Å²) in [4.78, 5) is 12.0. The van der Waals surface area contributed by atoms with E-state index in [0.29, 0.717) is 18.9 Å². The molecule has 0 saturated heterocycles. The third-order valence-electron chi connectivity index (χ3n) is 2.90. The van der Waals surface area contributed by atoms with Crippen molar-refractivity contribution in [2.45, 2.75) is 32.7 Å². The second kappa shape index (κ2) is 9.61.